The Labute approximate surface area is 73.2 Å². The molecule has 1 fully saturated rings. The maximum Gasteiger partial charge on any atom is 0.303 e. The molecule has 1 N–H and O–H groups in total. The van der Waals surface area contributed by atoms with Gasteiger partial charge in [0.15, 0.2) is 0 Å². The van der Waals surface area contributed by atoms with E-state index < -0.39 is 5.97 Å². The predicted molar refractivity (Wildman–Crippen MR) is 46.0 cm³/mol. The third kappa shape index (κ3) is 2.81. The topological polar surface area (TPSA) is 51.4 Å². The highest BCUT2D eigenvalue weighted by Crippen LogP contribution is 2.24. The molecule has 1 saturated heterocycles. The summed E-state index contributed by atoms with van der Waals surface area (Å²) in [5.41, 5.74) is 0. The number of carboxylic acids is 1. The van der Waals surface area contributed by atoms with Gasteiger partial charge in [-0.15, -0.1) is 0 Å². The number of carboxylic acid groups (broad SMARTS) is 1. The lowest BCUT2D eigenvalue weighted by Crippen LogP contribution is -2.27. The molecule has 3 nitrogen and oxygen atoms in total. The Balaban J connectivity index is 2.29. The molecule has 0 aliphatic carbocycles. The maximum atomic E-state index is 10.4. The maximum absolute atomic E-state index is 10.4. The van der Waals surface area contributed by atoms with Crippen LogP contribution < -0.4 is 5.32 Å². The molecular weight excluding hydrogens is 154 g/mol. The van der Waals surface area contributed by atoms with Crippen LogP contribution in [-0.2, 0) is 4.79 Å². The van der Waals surface area contributed by atoms with Crippen LogP contribution in [0.4, 0.5) is 0 Å². The molecule has 1 aliphatic rings. The van der Waals surface area contributed by atoms with Gasteiger partial charge in [0.1, 0.15) is 0 Å². The Hall–Kier alpha value is -0.570. The zero-order valence-corrected chi connectivity index (χ0v) is 7.49. The van der Waals surface area contributed by atoms with Crippen molar-refractivity contribution >= 4 is 5.97 Å². The Morgan fingerprint density at radius 3 is 2.67 bits per heavy atom. The summed E-state index contributed by atoms with van der Waals surface area (Å²) in [6.45, 7) is 3.88. The van der Waals surface area contributed by atoms with Crippen molar-refractivity contribution in [2.45, 2.75) is 26.2 Å². The van der Waals surface area contributed by atoms with Crippen LogP contribution in [0.2, 0.25) is 0 Å². The summed E-state index contributed by atoms with van der Waals surface area (Å²) in [5.74, 6) is 0.224. The zero-order valence-electron chi connectivity index (χ0n) is 7.49. The molecule has 1 rings (SSSR count). The molecule has 1 heterocycles. The highest BCUT2D eigenvalue weighted by molar-refractivity contribution is 5.66. The van der Waals surface area contributed by atoms with E-state index in [0.717, 1.165) is 25.9 Å². The average Bonchev–Trinajstić information content (AvgIpc) is 2.05. The van der Waals surface area contributed by atoms with Crippen LogP contribution in [-0.4, -0.2) is 24.2 Å². The van der Waals surface area contributed by atoms with Crippen molar-refractivity contribution in [3.8, 4) is 0 Å². The van der Waals surface area contributed by atoms with Gasteiger partial charge in [-0.25, -0.2) is 5.32 Å². The molecule has 0 amide bonds. The van der Waals surface area contributed by atoms with Crippen LogP contribution in [0.5, 0.6) is 0 Å². The van der Waals surface area contributed by atoms with E-state index in [0.29, 0.717) is 18.3 Å². The third-order valence-corrected chi connectivity index (χ3v) is 2.62. The first-order valence-corrected chi connectivity index (χ1v) is 4.55. The van der Waals surface area contributed by atoms with Crippen LogP contribution in [0.15, 0.2) is 0 Å². The molecule has 0 aromatic rings. The van der Waals surface area contributed by atoms with Gasteiger partial charge in [0.05, 0.1) is 0 Å². The summed E-state index contributed by atoms with van der Waals surface area (Å²) in [7, 11) is 0. The van der Waals surface area contributed by atoms with Gasteiger partial charge >= 0.3 is 5.97 Å². The molecule has 1 unspecified atom stereocenters. The summed E-state index contributed by atoms with van der Waals surface area (Å²) < 4.78 is 0. The normalized spacial score (nSPS) is 22.1. The Bertz CT molecular complexity index is 153. The van der Waals surface area contributed by atoms with Gasteiger partial charge in [0, 0.05) is 19.5 Å². The van der Waals surface area contributed by atoms with E-state index in [1.165, 1.54) is 0 Å². The smallest absolute Gasteiger partial charge is 0.303 e. The molecule has 3 heteroatoms. The van der Waals surface area contributed by atoms with E-state index in [-0.39, 0.29) is 0 Å². The minimum atomic E-state index is -0.676. The highest BCUT2D eigenvalue weighted by Gasteiger charge is 2.21. The van der Waals surface area contributed by atoms with Crippen molar-refractivity contribution in [1.82, 2.24) is 5.32 Å². The number of hydrogen-bond acceptors (Lipinski definition) is 1. The van der Waals surface area contributed by atoms with Crippen molar-refractivity contribution in [1.29, 1.82) is 0 Å². The average molecular weight is 170 g/mol. The van der Waals surface area contributed by atoms with Crippen LogP contribution in [0.3, 0.4) is 0 Å². The fourth-order valence-electron chi connectivity index (χ4n) is 1.78. The largest absolute Gasteiger partial charge is 0.481 e. The molecular formula is C9H16NO2. The van der Waals surface area contributed by atoms with Gasteiger partial charge in [-0.05, 0) is 24.7 Å². The number of nitrogens with zero attached hydrogens (tertiary/aromatic N) is 1. The molecule has 0 saturated carbocycles. The van der Waals surface area contributed by atoms with Crippen molar-refractivity contribution in [2.24, 2.45) is 11.8 Å². The SMILES string of the molecule is CC(CC(=O)O)C1CC[N]CC1. The summed E-state index contributed by atoms with van der Waals surface area (Å²) in [5, 5.41) is 12.8. The van der Waals surface area contributed by atoms with E-state index in [1.807, 2.05) is 6.92 Å². The minimum absolute atomic E-state index is 0.310. The molecule has 1 atom stereocenters. The van der Waals surface area contributed by atoms with Crippen LogP contribution in [0, 0.1) is 11.8 Å². The predicted octanol–water partition coefficient (Wildman–Crippen LogP) is 1.11. The number of carbonyl (C=O) groups is 1. The second-order valence-electron chi connectivity index (χ2n) is 3.58. The van der Waals surface area contributed by atoms with E-state index in [1.54, 1.807) is 0 Å². The molecule has 0 bridgehead atoms. The van der Waals surface area contributed by atoms with Gasteiger partial charge in [-0.1, -0.05) is 6.92 Å². The standard InChI is InChI=1S/C9H16NO2/c1-7(6-9(11)12)8-2-4-10-5-3-8/h7-8H,2-6H2,1H3,(H,11,12). The first-order chi connectivity index (χ1) is 5.70. The van der Waals surface area contributed by atoms with E-state index in [2.05, 4.69) is 5.32 Å². The Morgan fingerprint density at radius 1 is 1.58 bits per heavy atom. The van der Waals surface area contributed by atoms with E-state index >= 15 is 0 Å². The minimum Gasteiger partial charge on any atom is -0.481 e. The lowest BCUT2D eigenvalue weighted by Gasteiger charge is -2.26. The van der Waals surface area contributed by atoms with Gasteiger partial charge in [-0.3, -0.25) is 4.79 Å². The summed E-state index contributed by atoms with van der Waals surface area (Å²) in [6, 6.07) is 0. The first-order valence-electron chi connectivity index (χ1n) is 4.55. The second-order valence-corrected chi connectivity index (χ2v) is 3.58. The van der Waals surface area contributed by atoms with Gasteiger partial charge in [0.2, 0.25) is 0 Å². The van der Waals surface area contributed by atoms with Crippen LogP contribution in [0.1, 0.15) is 26.2 Å². The van der Waals surface area contributed by atoms with Crippen molar-refractivity contribution in [3.63, 3.8) is 0 Å². The fraction of sp³-hybridized carbons (Fsp3) is 0.889. The lowest BCUT2D eigenvalue weighted by atomic mass is 9.84. The van der Waals surface area contributed by atoms with Crippen LogP contribution in [0.25, 0.3) is 0 Å². The van der Waals surface area contributed by atoms with Crippen LogP contribution >= 0.6 is 0 Å². The van der Waals surface area contributed by atoms with Crippen molar-refractivity contribution in [2.75, 3.05) is 13.1 Å². The van der Waals surface area contributed by atoms with E-state index in [4.69, 9.17) is 5.11 Å². The molecule has 69 valence electrons. The lowest BCUT2D eigenvalue weighted by molar-refractivity contribution is -0.138. The molecule has 1 radical (unpaired) electrons. The third-order valence-electron chi connectivity index (χ3n) is 2.62. The molecule has 0 aromatic heterocycles. The number of aliphatic carboxylic acids is 1. The molecule has 12 heavy (non-hydrogen) atoms. The van der Waals surface area contributed by atoms with Gasteiger partial charge < -0.3 is 5.11 Å². The monoisotopic (exact) mass is 170 g/mol. The van der Waals surface area contributed by atoms with Crippen molar-refractivity contribution < 1.29 is 9.90 Å². The molecule has 1 aliphatic heterocycles. The Morgan fingerprint density at radius 2 is 2.17 bits per heavy atom. The Kier molecular flexibility index (Phi) is 3.53. The number of piperidine rings is 1. The summed E-state index contributed by atoms with van der Waals surface area (Å²) in [4.78, 5) is 10.4. The molecule has 0 aromatic carbocycles. The number of rotatable bonds is 3. The second kappa shape index (κ2) is 4.45. The summed E-state index contributed by atoms with van der Waals surface area (Å²) in [6.07, 6.45) is 2.47. The van der Waals surface area contributed by atoms with Gasteiger partial charge in [-0.2, -0.15) is 0 Å². The number of hydrogen-bond donors (Lipinski definition) is 1. The fourth-order valence-corrected chi connectivity index (χ4v) is 1.78. The van der Waals surface area contributed by atoms with E-state index in [9.17, 15) is 4.79 Å². The quantitative estimate of drug-likeness (QED) is 0.689. The summed E-state index contributed by atoms with van der Waals surface area (Å²) >= 11 is 0. The highest BCUT2D eigenvalue weighted by atomic mass is 16.4. The zero-order chi connectivity index (χ0) is 8.97. The molecule has 0 spiro atoms. The van der Waals surface area contributed by atoms with Crippen molar-refractivity contribution in [3.05, 3.63) is 0 Å². The van der Waals surface area contributed by atoms with Gasteiger partial charge in [0.25, 0.3) is 0 Å². The first kappa shape index (κ1) is 9.52.